The first kappa shape index (κ1) is 18.9. The Morgan fingerprint density at radius 2 is 1.52 bits per heavy atom. The van der Waals surface area contributed by atoms with E-state index in [0.717, 1.165) is 23.0 Å². The highest BCUT2D eigenvalue weighted by atomic mass is 19.4. The quantitative estimate of drug-likeness (QED) is 0.379. The lowest BCUT2D eigenvalue weighted by molar-refractivity contribution is -0.137. The van der Waals surface area contributed by atoms with E-state index in [1.54, 1.807) is 24.3 Å². The van der Waals surface area contributed by atoms with Gasteiger partial charge in [0.25, 0.3) is 5.89 Å². The van der Waals surface area contributed by atoms with Crippen LogP contribution in [-0.4, -0.2) is 20.3 Å². The van der Waals surface area contributed by atoms with Gasteiger partial charge in [-0.3, -0.25) is 5.10 Å². The average Bonchev–Trinajstić information content (AvgIpc) is 3.41. The maximum absolute atomic E-state index is 12.7. The zero-order valence-electron chi connectivity index (χ0n) is 15.7. The number of benzene rings is 3. The minimum absolute atomic E-state index is 0.289. The summed E-state index contributed by atoms with van der Waals surface area (Å²) >= 11 is 0. The smallest absolute Gasteiger partial charge is 0.416 e. The molecule has 0 saturated carbocycles. The number of hydrogen-bond acceptors (Lipinski definition) is 5. The largest absolute Gasteiger partial charge is 0.457 e. The molecule has 0 aliphatic heterocycles. The maximum Gasteiger partial charge on any atom is 0.416 e. The Balaban J connectivity index is 1.34. The minimum Gasteiger partial charge on any atom is -0.457 e. The molecule has 154 valence electrons. The number of hydrogen-bond donors (Lipinski definition) is 1. The molecule has 0 atom stereocenters. The number of alkyl halides is 3. The van der Waals surface area contributed by atoms with Gasteiger partial charge in [0.05, 0.1) is 11.1 Å². The molecule has 0 aliphatic carbocycles. The molecule has 2 heterocycles. The normalized spacial score (nSPS) is 11.7. The van der Waals surface area contributed by atoms with E-state index in [2.05, 4.69) is 20.3 Å². The molecule has 3 aromatic carbocycles. The number of aromatic amines is 1. The Kier molecular flexibility index (Phi) is 4.43. The van der Waals surface area contributed by atoms with Crippen molar-refractivity contribution in [3.8, 4) is 34.5 Å². The molecular formula is C22H13F3N4O2. The predicted molar refractivity (Wildman–Crippen MR) is 106 cm³/mol. The van der Waals surface area contributed by atoms with Crippen LogP contribution >= 0.6 is 0 Å². The molecule has 0 aliphatic rings. The molecule has 0 radical (unpaired) electrons. The molecule has 9 heteroatoms. The van der Waals surface area contributed by atoms with Crippen LogP contribution in [-0.2, 0) is 6.18 Å². The Morgan fingerprint density at radius 3 is 2.23 bits per heavy atom. The first-order valence-electron chi connectivity index (χ1n) is 9.20. The van der Waals surface area contributed by atoms with Gasteiger partial charge in [-0.05, 0) is 54.6 Å². The summed E-state index contributed by atoms with van der Waals surface area (Å²) in [5.74, 6) is 1.43. The number of para-hydroxylation sites is 1. The fourth-order valence-corrected chi connectivity index (χ4v) is 3.08. The summed E-state index contributed by atoms with van der Waals surface area (Å²) < 4.78 is 48.9. The van der Waals surface area contributed by atoms with Crippen LogP contribution in [0.25, 0.3) is 33.9 Å². The summed E-state index contributed by atoms with van der Waals surface area (Å²) in [6.45, 7) is 0. The second-order valence-electron chi connectivity index (χ2n) is 6.69. The molecule has 0 amide bonds. The summed E-state index contributed by atoms with van der Waals surface area (Å²) in [5, 5.41) is 12.0. The maximum atomic E-state index is 12.7. The standard InChI is InChI=1S/C22H13F3N4O2/c23-22(24,25)14-7-11-16(12-8-14)30-15-9-5-13(6-10-15)20-26-21(31-29-20)19-17-3-1-2-4-18(17)27-28-19/h1-12H,(H,27,28). The molecule has 0 fully saturated rings. The number of H-pyrrole nitrogens is 1. The first-order chi connectivity index (χ1) is 15.0. The summed E-state index contributed by atoms with van der Waals surface area (Å²) in [4.78, 5) is 4.41. The topological polar surface area (TPSA) is 76.8 Å². The van der Waals surface area contributed by atoms with Crippen LogP contribution in [0.2, 0.25) is 0 Å². The highest BCUT2D eigenvalue weighted by Crippen LogP contribution is 2.32. The number of nitrogens with one attached hydrogen (secondary N) is 1. The lowest BCUT2D eigenvalue weighted by Crippen LogP contribution is -2.03. The third-order valence-electron chi connectivity index (χ3n) is 4.63. The van der Waals surface area contributed by atoms with Crippen LogP contribution in [0.5, 0.6) is 11.5 Å². The van der Waals surface area contributed by atoms with Crippen molar-refractivity contribution in [1.82, 2.24) is 20.3 Å². The van der Waals surface area contributed by atoms with Crippen LogP contribution < -0.4 is 4.74 Å². The van der Waals surface area contributed by atoms with Gasteiger partial charge in [0, 0.05) is 10.9 Å². The van der Waals surface area contributed by atoms with Gasteiger partial charge >= 0.3 is 6.18 Å². The van der Waals surface area contributed by atoms with Gasteiger partial charge in [-0.1, -0.05) is 23.4 Å². The molecule has 2 aromatic heterocycles. The zero-order valence-corrected chi connectivity index (χ0v) is 15.7. The van der Waals surface area contributed by atoms with Crippen molar-refractivity contribution in [2.24, 2.45) is 0 Å². The molecular weight excluding hydrogens is 409 g/mol. The SMILES string of the molecule is FC(F)(F)c1ccc(Oc2ccc(-c3noc(-c4n[nH]c5ccccc45)n3)cc2)cc1. The Bertz CT molecular complexity index is 1340. The second-order valence-corrected chi connectivity index (χ2v) is 6.69. The fraction of sp³-hybridized carbons (Fsp3) is 0.0455. The fourth-order valence-electron chi connectivity index (χ4n) is 3.08. The number of aromatic nitrogens is 4. The Hall–Kier alpha value is -4.14. The van der Waals surface area contributed by atoms with E-state index in [0.29, 0.717) is 28.6 Å². The Labute approximate surface area is 173 Å². The van der Waals surface area contributed by atoms with Crippen LogP contribution in [0.3, 0.4) is 0 Å². The summed E-state index contributed by atoms with van der Waals surface area (Å²) in [5.41, 5.74) is 1.39. The first-order valence-corrected chi connectivity index (χ1v) is 9.20. The average molecular weight is 422 g/mol. The minimum atomic E-state index is -4.38. The van der Waals surface area contributed by atoms with Crippen molar-refractivity contribution in [1.29, 1.82) is 0 Å². The zero-order chi connectivity index (χ0) is 21.4. The van der Waals surface area contributed by atoms with Crippen molar-refractivity contribution in [3.63, 3.8) is 0 Å². The summed E-state index contributed by atoms with van der Waals surface area (Å²) in [6, 6.07) is 18.9. The number of fused-ring (bicyclic) bond motifs is 1. The highest BCUT2D eigenvalue weighted by molar-refractivity contribution is 5.90. The van der Waals surface area contributed by atoms with E-state index in [4.69, 9.17) is 9.26 Å². The van der Waals surface area contributed by atoms with E-state index >= 15 is 0 Å². The Morgan fingerprint density at radius 1 is 0.839 bits per heavy atom. The van der Waals surface area contributed by atoms with E-state index in [1.165, 1.54) is 12.1 Å². The van der Waals surface area contributed by atoms with E-state index in [1.807, 2.05) is 24.3 Å². The van der Waals surface area contributed by atoms with Crippen molar-refractivity contribution < 1.29 is 22.4 Å². The molecule has 6 nitrogen and oxygen atoms in total. The number of rotatable bonds is 4. The summed E-state index contributed by atoms with van der Waals surface area (Å²) in [7, 11) is 0. The van der Waals surface area contributed by atoms with Crippen LogP contribution in [0, 0.1) is 0 Å². The van der Waals surface area contributed by atoms with Gasteiger partial charge in [0.1, 0.15) is 11.5 Å². The lowest BCUT2D eigenvalue weighted by atomic mass is 10.2. The van der Waals surface area contributed by atoms with Crippen LogP contribution in [0.1, 0.15) is 5.56 Å². The third kappa shape index (κ3) is 3.73. The number of halogens is 3. The third-order valence-corrected chi connectivity index (χ3v) is 4.63. The van der Waals surface area contributed by atoms with E-state index < -0.39 is 11.7 Å². The second kappa shape index (κ2) is 7.28. The van der Waals surface area contributed by atoms with Gasteiger partial charge in [0.15, 0.2) is 5.69 Å². The van der Waals surface area contributed by atoms with Gasteiger partial charge in [-0.25, -0.2) is 0 Å². The highest BCUT2D eigenvalue weighted by Gasteiger charge is 2.30. The number of ether oxygens (including phenoxy) is 1. The molecule has 0 unspecified atom stereocenters. The van der Waals surface area contributed by atoms with E-state index in [-0.39, 0.29) is 5.89 Å². The van der Waals surface area contributed by atoms with Gasteiger partial charge in [-0.15, -0.1) is 0 Å². The predicted octanol–water partition coefficient (Wildman–Crippen LogP) is 6.09. The van der Waals surface area contributed by atoms with Gasteiger partial charge in [0.2, 0.25) is 5.82 Å². The molecule has 5 rings (SSSR count). The molecule has 31 heavy (non-hydrogen) atoms. The molecule has 0 spiro atoms. The summed E-state index contributed by atoms with van der Waals surface area (Å²) in [6.07, 6.45) is -4.38. The van der Waals surface area contributed by atoms with Crippen molar-refractivity contribution in [2.75, 3.05) is 0 Å². The number of nitrogens with zero attached hydrogens (tertiary/aromatic N) is 3. The molecule has 1 N–H and O–H groups in total. The molecule has 0 bridgehead atoms. The van der Waals surface area contributed by atoms with Crippen molar-refractivity contribution in [3.05, 3.63) is 78.4 Å². The van der Waals surface area contributed by atoms with Gasteiger partial charge in [-0.2, -0.15) is 23.3 Å². The van der Waals surface area contributed by atoms with Crippen LogP contribution in [0.15, 0.2) is 77.3 Å². The van der Waals surface area contributed by atoms with Crippen LogP contribution in [0.4, 0.5) is 13.2 Å². The van der Waals surface area contributed by atoms with Crippen molar-refractivity contribution >= 4 is 10.9 Å². The molecule has 5 aromatic rings. The van der Waals surface area contributed by atoms with E-state index in [9.17, 15) is 13.2 Å². The lowest BCUT2D eigenvalue weighted by Gasteiger charge is -2.09. The van der Waals surface area contributed by atoms with Gasteiger partial charge < -0.3 is 9.26 Å². The molecule has 0 saturated heterocycles. The monoisotopic (exact) mass is 422 g/mol. The van der Waals surface area contributed by atoms with Crippen molar-refractivity contribution in [2.45, 2.75) is 6.18 Å².